The van der Waals surface area contributed by atoms with Crippen LogP contribution in [0.3, 0.4) is 0 Å². The van der Waals surface area contributed by atoms with E-state index in [1.165, 1.54) is 0 Å². The highest BCUT2D eigenvalue weighted by atomic mass is 16.2. The van der Waals surface area contributed by atoms with Crippen LogP contribution in [0.5, 0.6) is 0 Å². The Balaban J connectivity index is 1.79. The van der Waals surface area contributed by atoms with Gasteiger partial charge in [-0.3, -0.25) is 14.8 Å². The number of likely N-dealkylation sites (N-methyl/N-ethyl adjacent to an activating group) is 1. The largest absolute Gasteiger partial charge is 0.309 e. The lowest BCUT2D eigenvalue weighted by atomic mass is 10.3. The first-order chi connectivity index (χ1) is 12.6. The summed E-state index contributed by atoms with van der Waals surface area (Å²) in [6.07, 6.45) is 1.80. The standard InChI is InChI=1S/C19H26N6O/c1-4-23(5-2)12-13-25-17-9-7-6-8-16(17)20-19(25)21-18(26)14-24-11-10-15(3)22-24/h6-11H,4-5,12-14H2,1-3H3,(H,20,21,26). The number of aromatic nitrogens is 4. The van der Waals surface area contributed by atoms with Crippen LogP contribution in [0, 0.1) is 6.92 Å². The number of anilines is 1. The van der Waals surface area contributed by atoms with Gasteiger partial charge in [0, 0.05) is 19.3 Å². The number of nitrogens with zero attached hydrogens (tertiary/aromatic N) is 5. The molecular weight excluding hydrogens is 328 g/mol. The Morgan fingerprint density at radius 2 is 1.96 bits per heavy atom. The van der Waals surface area contributed by atoms with Gasteiger partial charge in [-0.05, 0) is 38.2 Å². The number of fused-ring (bicyclic) bond motifs is 1. The number of hydrogen-bond donors (Lipinski definition) is 1. The number of carbonyl (C=O) groups excluding carboxylic acids is 1. The maximum Gasteiger partial charge on any atom is 0.248 e. The van der Waals surface area contributed by atoms with Gasteiger partial charge in [0.05, 0.1) is 16.7 Å². The zero-order valence-corrected chi connectivity index (χ0v) is 15.6. The van der Waals surface area contributed by atoms with E-state index in [1.807, 2.05) is 37.3 Å². The predicted molar refractivity (Wildman–Crippen MR) is 103 cm³/mol. The van der Waals surface area contributed by atoms with Crippen LogP contribution in [0.2, 0.25) is 0 Å². The highest BCUT2D eigenvalue weighted by Crippen LogP contribution is 2.19. The van der Waals surface area contributed by atoms with Gasteiger partial charge in [0.2, 0.25) is 11.9 Å². The van der Waals surface area contributed by atoms with Gasteiger partial charge in [-0.1, -0.05) is 26.0 Å². The molecule has 2 aromatic heterocycles. The molecule has 1 aromatic carbocycles. The molecule has 1 N–H and O–H groups in total. The van der Waals surface area contributed by atoms with Crippen LogP contribution >= 0.6 is 0 Å². The van der Waals surface area contributed by atoms with Crippen molar-refractivity contribution in [1.29, 1.82) is 0 Å². The molecule has 0 unspecified atom stereocenters. The van der Waals surface area contributed by atoms with E-state index in [2.05, 4.69) is 38.7 Å². The second-order valence-corrected chi connectivity index (χ2v) is 6.31. The lowest BCUT2D eigenvalue weighted by molar-refractivity contribution is -0.117. The smallest absolute Gasteiger partial charge is 0.248 e. The van der Waals surface area contributed by atoms with Crippen molar-refractivity contribution >= 4 is 22.9 Å². The zero-order chi connectivity index (χ0) is 18.5. The molecule has 0 atom stereocenters. The predicted octanol–water partition coefficient (Wildman–Crippen LogP) is 2.52. The molecule has 7 heteroatoms. The summed E-state index contributed by atoms with van der Waals surface area (Å²) in [6, 6.07) is 9.84. The van der Waals surface area contributed by atoms with E-state index < -0.39 is 0 Å². The third-order valence-electron chi connectivity index (χ3n) is 4.52. The average molecular weight is 354 g/mol. The molecule has 0 aliphatic heterocycles. The lowest BCUT2D eigenvalue weighted by Crippen LogP contribution is -2.28. The van der Waals surface area contributed by atoms with Gasteiger partial charge < -0.3 is 9.47 Å². The van der Waals surface area contributed by atoms with Crippen molar-refractivity contribution in [1.82, 2.24) is 24.2 Å². The average Bonchev–Trinajstić information content (AvgIpc) is 3.19. The van der Waals surface area contributed by atoms with Gasteiger partial charge in [-0.25, -0.2) is 4.98 Å². The van der Waals surface area contributed by atoms with E-state index in [-0.39, 0.29) is 12.5 Å². The highest BCUT2D eigenvalue weighted by Gasteiger charge is 2.14. The minimum absolute atomic E-state index is 0.132. The SMILES string of the molecule is CCN(CC)CCn1c(NC(=O)Cn2ccc(C)n2)nc2ccccc21. The Labute approximate surface area is 153 Å². The number of amides is 1. The van der Waals surface area contributed by atoms with Crippen LogP contribution in [0.15, 0.2) is 36.5 Å². The van der Waals surface area contributed by atoms with Gasteiger partial charge in [-0.2, -0.15) is 5.10 Å². The second-order valence-electron chi connectivity index (χ2n) is 6.31. The molecule has 0 saturated carbocycles. The van der Waals surface area contributed by atoms with E-state index in [9.17, 15) is 4.79 Å². The fourth-order valence-electron chi connectivity index (χ4n) is 3.04. The topological polar surface area (TPSA) is 68.0 Å². The van der Waals surface area contributed by atoms with Crippen LogP contribution in [0.4, 0.5) is 5.95 Å². The summed E-state index contributed by atoms with van der Waals surface area (Å²) in [7, 11) is 0. The number of rotatable bonds is 8. The Hall–Kier alpha value is -2.67. The molecule has 0 aliphatic rings. The molecule has 3 aromatic rings. The molecule has 0 spiro atoms. The maximum absolute atomic E-state index is 12.4. The van der Waals surface area contributed by atoms with E-state index >= 15 is 0 Å². The molecule has 2 heterocycles. The van der Waals surface area contributed by atoms with Gasteiger partial charge >= 0.3 is 0 Å². The summed E-state index contributed by atoms with van der Waals surface area (Å²) in [5.41, 5.74) is 2.81. The number of hydrogen-bond acceptors (Lipinski definition) is 4. The van der Waals surface area contributed by atoms with Crippen molar-refractivity contribution < 1.29 is 4.79 Å². The number of benzene rings is 1. The van der Waals surface area contributed by atoms with Gasteiger partial charge in [0.15, 0.2) is 0 Å². The summed E-state index contributed by atoms with van der Waals surface area (Å²) in [5.74, 6) is 0.458. The molecule has 0 bridgehead atoms. The summed E-state index contributed by atoms with van der Waals surface area (Å²) < 4.78 is 3.72. The van der Waals surface area contributed by atoms with Gasteiger partial charge in [0.1, 0.15) is 6.54 Å². The van der Waals surface area contributed by atoms with E-state index in [0.29, 0.717) is 5.95 Å². The number of aryl methyl sites for hydroxylation is 1. The number of para-hydroxylation sites is 2. The quantitative estimate of drug-likeness (QED) is 0.675. The monoisotopic (exact) mass is 354 g/mol. The molecule has 3 rings (SSSR count). The third kappa shape index (κ3) is 4.11. The van der Waals surface area contributed by atoms with Crippen LogP contribution in [-0.2, 0) is 17.9 Å². The van der Waals surface area contributed by atoms with Crippen LogP contribution < -0.4 is 5.32 Å². The summed E-state index contributed by atoms with van der Waals surface area (Å²) in [5, 5.41) is 7.21. The van der Waals surface area contributed by atoms with Crippen molar-refractivity contribution in [2.75, 3.05) is 25.0 Å². The summed E-state index contributed by atoms with van der Waals surface area (Å²) in [6.45, 7) is 10.1. The molecule has 1 amide bonds. The minimum atomic E-state index is -0.132. The van der Waals surface area contributed by atoms with Crippen molar-refractivity contribution in [3.05, 3.63) is 42.2 Å². The Bertz CT molecular complexity index is 877. The summed E-state index contributed by atoms with van der Waals surface area (Å²) >= 11 is 0. The summed E-state index contributed by atoms with van der Waals surface area (Å²) in [4.78, 5) is 19.4. The fraction of sp³-hybridized carbons (Fsp3) is 0.421. The molecule has 7 nitrogen and oxygen atoms in total. The maximum atomic E-state index is 12.4. The number of carbonyl (C=O) groups is 1. The number of nitrogens with one attached hydrogen (secondary N) is 1. The van der Waals surface area contributed by atoms with E-state index in [0.717, 1.165) is 42.9 Å². The normalized spacial score (nSPS) is 11.4. The zero-order valence-electron chi connectivity index (χ0n) is 15.6. The number of imidazole rings is 1. The molecule has 138 valence electrons. The minimum Gasteiger partial charge on any atom is -0.309 e. The second kappa shape index (κ2) is 8.14. The van der Waals surface area contributed by atoms with E-state index in [1.54, 1.807) is 10.9 Å². The Morgan fingerprint density at radius 3 is 2.65 bits per heavy atom. The van der Waals surface area contributed by atoms with Crippen LogP contribution in [-0.4, -0.2) is 49.8 Å². The lowest BCUT2D eigenvalue weighted by Gasteiger charge is -2.19. The van der Waals surface area contributed by atoms with Gasteiger partial charge in [-0.15, -0.1) is 0 Å². The van der Waals surface area contributed by atoms with Crippen LogP contribution in [0.1, 0.15) is 19.5 Å². The third-order valence-corrected chi connectivity index (χ3v) is 4.52. The highest BCUT2D eigenvalue weighted by molar-refractivity contribution is 5.91. The first-order valence-electron chi connectivity index (χ1n) is 9.08. The first-order valence-corrected chi connectivity index (χ1v) is 9.08. The Kier molecular flexibility index (Phi) is 5.68. The van der Waals surface area contributed by atoms with E-state index in [4.69, 9.17) is 0 Å². The van der Waals surface area contributed by atoms with Gasteiger partial charge in [0.25, 0.3) is 0 Å². The molecule has 0 aliphatic carbocycles. The molecule has 0 radical (unpaired) electrons. The molecule has 0 fully saturated rings. The first kappa shape index (κ1) is 18.1. The van der Waals surface area contributed by atoms with Crippen molar-refractivity contribution in [2.45, 2.75) is 33.9 Å². The molecular formula is C19H26N6O. The van der Waals surface area contributed by atoms with Crippen molar-refractivity contribution in [2.24, 2.45) is 0 Å². The fourth-order valence-corrected chi connectivity index (χ4v) is 3.04. The van der Waals surface area contributed by atoms with Crippen LogP contribution in [0.25, 0.3) is 11.0 Å². The molecule has 0 saturated heterocycles. The van der Waals surface area contributed by atoms with Crippen molar-refractivity contribution in [3.63, 3.8) is 0 Å². The van der Waals surface area contributed by atoms with Crippen molar-refractivity contribution in [3.8, 4) is 0 Å². The Morgan fingerprint density at radius 1 is 1.19 bits per heavy atom. The molecule has 26 heavy (non-hydrogen) atoms.